The van der Waals surface area contributed by atoms with Gasteiger partial charge in [-0.2, -0.15) is 5.10 Å². The van der Waals surface area contributed by atoms with Crippen LogP contribution >= 0.6 is 0 Å². The Morgan fingerprint density at radius 3 is 3.12 bits per heavy atom. The van der Waals surface area contributed by atoms with E-state index in [0.717, 1.165) is 31.5 Å². The van der Waals surface area contributed by atoms with E-state index >= 15 is 0 Å². The molecule has 0 aliphatic carbocycles. The summed E-state index contributed by atoms with van der Waals surface area (Å²) in [5, 5.41) is 10.4. The molecule has 5 heteroatoms. The number of nitrogens with zero attached hydrogens (tertiary/aromatic N) is 2. The fourth-order valence-electron chi connectivity index (χ4n) is 2.15. The van der Waals surface area contributed by atoms with Gasteiger partial charge in [-0.1, -0.05) is 0 Å². The maximum Gasteiger partial charge on any atom is 0.224 e. The van der Waals surface area contributed by atoms with Crippen molar-refractivity contribution >= 4 is 5.91 Å². The average Bonchev–Trinajstić information content (AvgIpc) is 2.77. The van der Waals surface area contributed by atoms with Gasteiger partial charge in [-0.25, -0.2) is 0 Å². The highest BCUT2D eigenvalue weighted by Crippen LogP contribution is 2.14. The van der Waals surface area contributed by atoms with Gasteiger partial charge in [0.1, 0.15) is 0 Å². The minimum atomic E-state index is 0.0260. The summed E-state index contributed by atoms with van der Waals surface area (Å²) in [6.07, 6.45) is 5.80. The van der Waals surface area contributed by atoms with E-state index in [1.54, 1.807) is 10.9 Å². The third-order valence-electron chi connectivity index (χ3n) is 3.25. The van der Waals surface area contributed by atoms with Gasteiger partial charge in [-0.15, -0.1) is 0 Å². The van der Waals surface area contributed by atoms with Crippen molar-refractivity contribution in [2.45, 2.75) is 25.8 Å². The van der Waals surface area contributed by atoms with Crippen LogP contribution in [0.1, 0.15) is 31.4 Å². The Bertz CT molecular complexity index is 382. The molecule has 1 saturated heterocycles. The van der Waals surface area contributed by atoms with Gasteiger partial charge in [-0.3, -0.25) is 9.48 Å². The molecule has 1 aliphatic heterocycles. The second-order valence-corrected chi connectivity index (χ2v) is 4.72. The zero-order chi connectivity index (χ0) is 12.3. The molecule has 1 fully saturated rings. The lowest BCUT2D eigenvalue weighted by Crippen LogP contribution is -2.41. The van der Waals surface area contributed by atoms with Crippen molar-refractivity contribution < 1.29 is 4.79 Å². The number of nitrogens with one attached hydrogen (secondary N) is 2. The van der Waals surface area contributed by atoms with E-state index in [9.17, 15) is 4.79 Å². The summed E-state index contributed by atoms with van der Waals surface area (Å²) >= 11 is 0. The van der Waals surface area contributed by atoms with Crippen LogP contribution in [0.15, 0.2) is 12.4 Å². The predicted octanol–water partition coefficient (Wildman–Crippen LogP) is 0.597. The number of hydrogen-bond acceptors (Lipinski definition) is 3. The zero-order valence-corrected chi connectivity index (χ0v) is 10.4. The first-order valence-electron chi connectivity index (χ1n) is 6.16. The van der Waals surface area contributed by atoms with Crippen LogP contribution in [0.2, 0.25) is 0 Å². The molecular formula is C12H20N4O. The van der Waals surface area contributed by atoms with E-state index < -0.39 is 0 Å². The van der Waals surface area contributed by atoms with Gasteiger partial charge in [-0.05, 0) is 26.3 Å². The lowest BCUT2D eigenvalue weighted by molar-refractivity contribution is -0.126. The van der Waals surface area contributed by atoms with E-state index in [0.29, 0.717) is 0 Å². The minimum Gasteiger partial charge on any atom is -0.349 e. The van der Waals surface area contributed by atoms with E-state index in [1.165, 1.54) is 0 Å². The average molecular weight is 236 g/mol. The van der Waals surface area contributed by atoms with Crippen molar-refractivity contribution in [1.82, 2.24) is 20.4 Å². The van der Waals surface area contributed by atoms with Gasteiger partial charge in [0.05, 0.1) is 18.2 Å². The molecule has 94 valence electrons. The van der Waals surface area contributed by atoms with Gasteiger partial charge in [0.25, 0.3) is 0 Å². The quantitative estimate of drug-likeness (QED) is 0.808. The molecule has 2 unspecified atom stereocenters. The van der Waals surface area contributed by atoms with Crippen LogP contribution < -0.4 is 10.6 Å². The summed E-state index contributed by atoms with van der Waals surface area (Å²) in [4.78, 5) is 12.0. The van der Waals surface area contributed by atoms with Crippen molar-refractivity contribution in [2.24, 2.45) is 13.0 Å². The highest BCUT2D eigenvalue weighted by Gasteiger charge is 2.22. The topological polar surface area (TPSA) is 59.0 Å². The summed E-state index contributed by atoms with van der Waals surface area (Å²) in [6, 6.07) is 0.0260. The van der Waals surface area contributed by atoms with E-state index in [-0.39, 0.29) is 17.9 Å². The molecule has 1 aromatic heterocycles. The Morgan fingerprint density at radius 2 is 2.53 bits per heavy atom. The molecule has 0 saturated carbocycles. The second-order valence-electron chi connectivity index (χ2n) is 4.72. The molecule has 17 heavy (non-hydrogen) atoms. The number of carbonyl (C=O) groups excluding carboxylic acids is 1. The molecule has 2 atom stereocenters. The van der Waals surface area contributed by atoms with Crippen LogP contribution in [0.4, 0.5) is 0 Å². The monoisotopic (exact) mass is 236 g/mol. The van der Waals surface area contributed by atoms with Gasteiger partial charge < -0.3 is 10.6 Å². The normalized spacial score (nSPS) is 22.1. The molecule has 1 aliphatic rings. The summed E-state index contributed by atoms with van der Waals surface area (Å²) < 4.78 is 1.75. The Morgan fingerprint density at radius 1 is 1.71 bits per heavy atom. The summed E-state index contributed by atoms with van der Waals surface area (Å²) in [5.74, 6) is 0.261. The number of aryl methyl sites for hydroxylation is 1. The van der Waals surface area contributed by atoms with Crippen molar-refractivity contribution in [1.29, 1.82) is 0 Å². The smallest absolute Gasteiger partial charge is 0.224 e. The lowest BCUT2D eigenvalue weighted by atomic mass is 9.98. The maximum atomic E-state index is 12.0. The van der Waals surface area contributed by atoms with Crippen molar-refractivity contribution in [3.63, 3.8) is 0 Å². The largest absolute Gasteiger partial charge is 0.349 e. The first kappa shape index (κ1) is 12.1. The SMILES string of the molecule is CC(NC(=O)C1CCCNC1)c1cnn(C)c1. The summed E-state index contributed by atoms with van der Waals surface area (Å²) in [5.41, 5.74) is 1.05. The lowest BCUT2D eigenvalue weighted by Gasteiger charge is -2.23. The minimum absolute atomic E-state index is 0.0260. The Balaban J connectivity index is 1.89. The van der Waals surface area contributed by atoms with Crippen LogP contribution in [0.25, 0.3) is 0 Å². The number of rotatable bonds is 3. The molecule has 1 aromatic rings. The zero-order valence-electron chi connectivity index (χ0n) is 10.4. The number of amides is 1. The number of carbonyl (C=O) groups is 1. The number of hydrogen-bond donors (Lipinski definition) is 2. The first-order valence-corrected chi connectivity index (χ1v) is 6.16. The Labute approximate surface area is 102 Å². The Kier molecular flexibility index (Phi) is 3.78. The summed E-state index contributed by atoms with van der Waals surface area (Å²) in [7, 11) is 1.88. The molecule has 0 bridgehead atoms. The van der Waals surface area contributed by atoms with Crippen molar-refractivity contribution in [2.75, 3.05) is 13.1 Å². The second kappa shape index (κ2) is 5.31. The number of aromatic nitrogens is 2. The van der Waals surface area contributed by atoms with E-state index in [1.807, 2.05) is 20.2 Å². The van der Waals surface area contributed by atoms with Crippen LogP contribution in [-0.4, -0.2) is 28.8 Å². The molecule has 2 rings (SSSR count). The van der Waals surface area contributed by atoms with Crippen LogP contribution in [0.5, 0.6) is 0 Å². The van der Waals surface area contributed by atoms with Gasteiger partial charge in [0.2, 0.25) is 5.91 Å². The third-order valence-corrected chi connectivity index (χ3v) is 3.25. The molecule has 0 aromatic carbocycles. The van der Waals surface area contributed by atoms with E-state index in [4.69, 9.17) is 0 Å². The fourth-order valence-corrected chi connectivity index (χ4v) is 2.15. The van der Waals surface area contributed by atoms with Gasteiger partial charge >= 0.3 is 0 Å². The van der Waals surface area contributed by atoms with Crippen LogP contribution in [0.3, 0.4) is 0 Å². The summed E-state index contributed by atoms with van der Waals surface area (Å²) in [6.45, 7) is 3.82. The molecule has 1 amide bonds. The number of piperidine rings is 1. The molecule has 0 spiro atoms. The van der Waals surface area contributed by atoms with Gasteiger partial charge in [0.15, 0.2) is 0 Å². The molecular weight excluding hydrogens is 216 g/mol. The van der Waals surface area contributed by atoms with E-state index in [2.05, 4.69) is 15.7 Å². The first-order chi connectivity index (χ1) is 8.16. The van der Waals surface area contributed by atoms with Crippen LogP contribution in [0, 0.1) is 5.92 Å². The highest BCUT2D eigenvalue weighted by atomic mass is 16.2. The highest BCUT2D eigenvalue weighted by molar-refractivity contribution is 5.79. The third kappa shape index (κ3) is 3.06. The predicted molar refractivity (Wildman–Crippen MR) is 65.4 cm³/mol. The molecule has 2 N–H and O–H groups in total. The standard InChI is InChI=1S/C12H20N4O/c1-9(11-7-14-16(2)8-11)15-12(17)10-4-3-5-13-6-10/h7-10,13H,3-6H2,1-2H3,(H,15,17). The van der Waals surface area contributed by atoms with Crippen LogP contribution in [-0.2, 0) is 11.8 Å². The van der Waals surface area contributed by atoms with Crippen molar-refractivity contribution in [3.8, 4) is 0 Å². The molecule has 5 nitrogen and oxygen atoms in total. The maximum absolute atomic E-state index is 12.0. The Hall–Kier alpha value is -1.36. The molecule has 0 radical (unpaired) electrons. The van der Waals surface area contributed by atoms with Crippen molar-refractivity contribution in [3.05, 3.63) is 18.0 Å². The molecule has 2 heterocycles. The fraction of sp³-hybridized carbons (Fsp3) is 0.667. The van der Waals surface area contributed by atoms with Gasteiger partial charge in [0, 0.05) is 25.4 Å².